The zero-order valence-corrected chi connectivity index (χ0v) is 12.9. The molecular weight excluding hydrogens is 312 g/mol. The Hall–Kier alpha value is -3.03. The molecule has 0 radical (unpaired) electrons. The van der Waals surface area contributed by atoms with Gasteiger partial charge in [-0.25, -0.2) is 9.97 Å². The summed E-state index contributed by atoms with van der Waals surface area (Å²) in [5, 5.41) is 10.8. The molecule has 24 heavy (non-hydrogen) atoms. The first kappa shape index (κ1) is 15.9. The molecule has 0 saturated carbocycles. The van der Waals surface area contributed by atoms with E-state index >= 15 is 0 Å². The van der Waals surface area contributed by atoms with Crippen molar-refractivity contribution < 1.29 is 14.5 Å². The maximum Gasteiger partial charge on any atom is 0.316 e. The Bertz CT molecular complexity index is 730. The molecular formula is C16H16N4O4. The number of hydrogen-bond donors (Lipinski definition) is 0. The van der Waals surface area contributed by atoms with Gasteiger partial charge in [-0.15, -0.1) is 0 Å². The van der Waals surface area contributed by atoms with Gasteiger partial charge in [0.1, 0.15) is 6.10 Å². The number of ether oxygens (including phenoxy) is 1. The van der Waals surface area contributed by atoms with Crippen molar-refractivity contribution in [2.24, 2.45) is 0 Å². The molecule has 1 saturated heterocycles. The van der Waals surface area contributed by atoms with E-state index in [4.69, 9.17) is 4.74 Å². The lowest BCUT2D eigenvalue weighted by atomic mass is 10.1. The normalized spacial score (nSPS) is 15.1. The minimum absolute atomic E-state index is 0.0402. The monoisotopic (exact) mass is 328 g/mol. The Balaban J connectivity index is 1.59. The molecule has 1 aliphatic heterocycles. The zero-order chi connectivity index (χ0) is 16.9. The molecule has 1 fully saturated rings. The first-order valence-electron chi connectivity index (χ1n) is 7.61. The van der Waals surface area contributed by atoms with Crippen LogP contribution in [0.4, 0.5) is 5.69 Å². The van der Waals surface area contributed by atoms with Gasteiger partial charge in [-0.2, -0.15) is 0 Å². The Kier molecular flexibility index (Phi) is 4.64. The van der Waals surface area contributed by atoms with Crippen molar-refractivity contribution in [1.82, 2.24) is 14.9 Å². The van der Waals surface area contributed by atoms with Gasteiger partial charge in [0.15, 0.2) is 0 Å². The largest absolute Gasteiger partial charge is 0.460 e. The van der Waals surface area contributed by atoms with E-state index in [-0.39, 0.29) is 17.7 Å². The summed E-state index contributed by atoms with van der Waals surface area (Å²) in [6.07, 6.45) is 4.52. The van der Waals surface area contributed by atoms with Crippen LogP contribution in [-0.2, 0) is 0 Å². The molecule has 0 bridgehead atoms. The number of carbonyl (C=O) groups is 1. The van der Waals surface area contributed by atoms with Crippen molar-refractivity contribution in [2.75, 3.05) is 13.1 Å². The summed E-state index contributed by atoms with van der Waals surface area (Å²) < 4.78 is 5.69. The van der Waals surface area contributed by atoms with Gasteiger partial charge in [0.2, 0.25) is 0 Å². The smallest absolute Gasteiger partial charge is 0.316 e. The zero-order valence-electron chi connectivity index (χ0n) is 12.9. The van der Waals surface area contributed by atoms with E-state index in [9.17, 15) is 14.9 Å². The summed E-state index contributed by atoms with van der Waals surface area (Å²) in [4.78, 5) is 32.5. The molecule has 1 aliphatic rings. The van der Waals surface area contributed by atoms with E-state index in [1.165, 1.54) is 18.2 Å². The topological polar surface area (TPSA) is 98.5 Å². The number of aromatic nitrogens is 2. The molecule has 0 unspecified atom stereocenters. The van der Waals surface area contributed by atoms with Crippen LogP contribution in [0.1, 0.15) is 23.2 Å². The quantitative estimate of drug-likeness (QED) is 0.629. The molecule has 0 spiro atoms. The number of amides is 1. The second-order valence-corrected chi connectivity index (χ2v) is 5.45. The van der Waals surface area contributed by atoms with Crippen molar-refractivity contribution in [3.05, 3.63) is 58.4 Å². The van der Waals surface area contributed by atoms with Crippen LogP contribution in [0.3, 0.4) is 0 Å². The van der Waals surface area contributed by atoms with Crippen molar-refractivity contribution in [2.45, 2.75) is 18.9 Å². The van der Waals surface area contributed by atoms with E-state index in [0.29, 0.717) is 37.5 Å². The third-order valence-corrected chi connectivity index (χ3v) is 3.85. The highest BCUT2D eigenvalue weighted by Gasteiger charge is 2.25. The molecule has 0 aliphatic carbocycles. The molecule has 2 aromatic rings. The summed E-state index contributed by atoms with van der Waals surface area (Å²) in [7, 11) is 0. The standard InChI is InChI=1S/C16H16N4O4/c21-15(12-3-1-4-13(11-12)20(22)23)19-9-5-14(6-10-19)24-16-17-7-2-8-18-16/h1-4,7-8,11,14H,5-6,9-10H2. The number of hydrogen-bond acceptors (Lipinski definition) is 6. The number of benzene rings is 1. The Labute approximate surface area is 138 Å². The Morgan fingerprint density at radius 3 is 2.58 bits per heavy atom. The van der Waals surface area contributed by atoms with Crippen LogP contribution in [-0.4, -0.2) is 44.9 Å². The van der Waals surface area contributed by atoms with Crippen LogP contribution in [0.25, 0.3) is 0 Å². The predicted molar refractivity (Wildman–Crippen MR) is 84.7 cm³/mol. The highest BCUT2D eigenvalue weighted by molar-refractivity contribution is 5.94. The van der Waals surface area contributed by atoms with Gasteiger partial charge in [-0.3, -0.25) is 14.9 Å². The van der Waals surface area contributed by atoms with Gasteiger partial charge < -0.3 is 9.64 Å². The molecule has 3 rings (SSSR count). The predicted octanol–water partition coefficient (Wildman–Crippen LogP) is 2.07. The highest BCUT2D eigenvalue weighted by Crippen LogP contribution is 2.19. The molecule has 0 N–H and O–H groups in total. The van der Waals surface area contributed by atoms with Crippen LogP contribution in [0.5, 0.6) is 6.01 Å². The average Bonchev–Trinajstić information content (AvgIpc) is 2.63. The number of non-ortho nitro benzene ring substituents is 1. The number of nitro benzene ring substituents is 1. The number of nitro groups is 1. The number of nitrogens with zero attached hydrogens (tertiary/aromatic N) is 4. The summed E-state index contributed by atoms with van der Waals surface area (Å²) in [5.41, 5.74) is 0.246. The molecule has 0 atom stereocenters. The minimum Gasteiger partial charge on any atom is -0.460 e. The third kappa shape index (κ3) is 3.65. The lowest BCUT2D eigenvalue weighted by molar-refractivity contribution is -0.384. The maximum absolute atomic E-state index is 12.5. The van der Waals surface area contributed by atoms with E-state index in [0.717, 1.165) is 0 Å². The fourth-order valence-electron chi connectivity index (χ4n) is 2.61. The van der Waals surface area contributed by atoms with Crippen molar-refractivity contribution in [1.29, 1.82) is 0 Å². The highest BCUT2D eigenvalue weighted by atomic mass is 16.6. The summed E-state index contributed by atoms with van der Waals surface area (Å²) in [6, 6.07) is 7.84. The number of carbonyl (C=O) groups excluding carboxylic acids is 1. The first-order chi connectivity index (χ1) is 11.6. The van der Waals surface area contributed by atoms with E-state index in [1.54, 1.807) is 29.4 Å². The Morgan fingerprint density at radius 1 is 1.21 bits per heavy atom. The molecule has 124 valence electrons. The fraction of sp³-hybridized carbons (Fsp3) is 0.312. The average molecular weight is 328 g/mol. The SMILES string of the molecule is O=C(c1cccc([N+](=O)[O-])c1)N1CCC(Oc2ncccn2)CC1. The number of piperidine rings is 1. The van der Waals surface area contributed by atoms with E-state index in [1.807, 2.05) is 0 Å². The maximum atomic E-state index is 12.5. The second kappa shape index (κ2) is 7.03. The summed E-state index contributed by atoms with van der Waals surface area (Å²) in [5.74, 6) is -0.201. The van der Waals surface area contributed by atoms with Crippen LogP contribution < -0.4 is 4.74 Å². The van der Waals surface area contributed by atoms with Crippen molar-refractivity contribution >= 4 is 11.6 Å². The van der Waals surface area contributed by atoms with Crippen LogP contribution in [0, 0.1) is 10.1 Å². The number of likely N-dealkylation sites (tertiary alicyclic amines) is 1. The van der Waals surface area contributed by atoms with Crippen molar-refractivity contribution in [3.63, 3.8) is 0 Å². The summed E-state index contributed by atoms with van der Waals surface area (Å²) >= 11 is 0. The van der Waals surface area contributed by atoms with Crippen LogP contribution in [0.15, 0.2) is 42.7 Å². The van der Waals surface area contributed by atoms with Crippen molar-refractivity contribution in [3.8, 4) is 6.01 Å². The molecule has 8 nitrogen and oxygen atoms in total. The van der Waals surface area contributed by atoms with Crippen LogP contribution >= 0.6 is 0 Å². The molecule has 1 amide bonds. The van der Waals surface area contributed by atoms with Gasteiger partial charge in [0.05, 0.1) is 4.92 Å². The summed E-state index contributed by atoms with van der Waals surface area (Å²) in [6.45, 7) is 1.05. The van der Waals surface area contributed by atoms with Gasteiger partial charge in [0, 0.05) is 56.0 Å². The molecule has 8 heteroatoms. The Morgan fingerprint density at radius 2 is 1.92 bits per heavy atom. The lowest BCUT2D eigenvalue weighted by Gasteiger charge is -2.31. The van der Waals surface area contributed by atoms with Gasteiger partial charge in [0.25, 0.3) is 11.6 Å². The van der Waals surface area contributed by atoms with Gasteiger partial charge >= 0.3 is 6.01 Å². The number of rotatable bonds is 4. The van der Waals surface area contributed by atoms with Crippen LogP contribution in [0.2, 0.25) is 0 Å². The molecule has 1 aromatic carbocycles. The lowest BCUT2D eigenvalue weighted by Crippen LogP contribution is -2.41. The van der Waals surface area contributed by atoms with Gasteiger partial charge in [-0.05, 0) is 12.1 Å². The first-order valence-corrected chi connectivity index (χ1v) is 7.61. The minimum atomic E-state index is -0.503. The molecule has 2 heterocycles. The fourth-order valence-corrected chi connectivity index (χ4v) is 2.61. The molecule has 1 aromatic heterocycles. The van der Waals surface area contributed by atoms with E-state index in [2.05, 4.69) is 9.97 Å². The van der Waals surface area contributed by atoms with E-state index < -0.39 is 4.92 Å². The second-order valence-electron chi connectivity index (χ2n) is 5.45. The third-order valence-electron chi connectivity index (χ3n) is 3.85. The van der Waals surface area contributed by atoms with Gasteiger partial charge in [-0.1, -0.05) is 6.07 Å².